The Kier molecular flexibility index (Phi) is 1.06. The second-order valence-electron chi connectivity index (χ2n) is 3.11. The van der Waals surface area contributed by atoms with Crippen LogP contribution in [0, 0.1) is 0 Å². The average Bonchev–Trinajstić information content (AvgIpc) is 2.32. The molecule has 10 heavy (non-hydrogen) atoms. The van der Waals surface area contributed by atoms with Gasteiger partial charge in [-0.15, -0.1) is 0 Å². The van der Waals surface area contributed by atoms with Crippen molar-refractivity contribution in [3.05, 3.63) is 0 Å². The lowest BCUT2D eigenvalue weighted by molar-refractivity contribution is -0.138. The maximum absolute atomic E-state index is 10.4. The van der Waals surface area contributed by atoms with E-state index < -0.39 is 12.1 Å². The van der Waals surface area contributed by atoms with E-state index in [9.17, 15) is 4.79 Å². The van der Waals surface area contributed by atoms with Gasteiger partial charge in [-0.25, -0.2) is 4.79 Å². The van der Waals surface area contributed by atoms with Crippen molar-refractivity contribution < 1.29 is 14.6 Å². The highest BCUT2D eigenvalue weighted by atomic mass is 16.6. The number of aliphatic carboxylic acids is 1. The Morgan fingerprint density at radius 2 is 2.10 bits per heavy atom. The first-order valence-electron chi connectivity index (χ1n) is 3.65. The highest BCUT2D eigenvalue weighted by Crippen LogP contribution is 2.49. The van der Waals surface area contributed by atoms with E-state index in [-0.39, 0.29) is 5.60 Å². The summed E-state index contributed by atoms with van der Waals surface area (Å²) >= 11 is 0. The van der Waals surface area contributed by atoms with E-state index in [1.807, 2.05) is 0 Å². The maximum atomic E-state index is 10.4. The molecule has 1 aliphatic heterocycles. The zero-order valence-corrected chi connectivity index (χ0v) is 5.67. The summed E-state index contributed by atoms with van der Waals surface area (Å²) in [6, 6.07) is 0. The Morgan fingerprint density at radius 1 is 1.50 bits per heavy atom. The van der Waals surface area contributed by atoms with Gasteiger partial charge in [-0.2, -0.15) is 0 Å². The predicted octanol–water partition coefficient (Wildman–Crippen LogP) is 0.783. The van der Waals surface area contributed by atoms with Crippen molar-refractivity contribution in [2.24, 2.45) is 0 Å². The number of carboxylic acids is 1. The Balaban J connectivity index is 2.04. The third-order valence-electron chi connectivity index (χ3n) is 2.45. The highest BCUT2D eigenvalue weighted by molar-refractivity contribution is 5.77. The summed E-state index contributed by atoms with van der Waals surface area (Å²) in [5, 5.41) is 8.55. The largest absolute Gasteiger partial charge is 0.479 e. The van der Waals surface area contributed by atoms with Crippen LogP contribution in [0.15, 0.2) is 0 Å². The Bertz CT molecular complexity index is 170. The van der Waals surface area contributed by atoms with Crippen LogP contribution < -0.4 is 0 Å². The molecule has 0 aromatic heterocycles. The quantitative estimate of drug-likeness (QED) is 0.550. The molecule has 2 fully saturated rings. The zero-order chi connectivity index (χ0) is 7.19. The molecule has 2 rings (SSSR count). The zero-order valence-electron chi connectivity index (χ0n) is 5.67. The molecule has 0 radical (unpaired) electrons. The summed E-state index contributed by atoms with van der Waals surface area (Å²) in [6.07, 6.45) is 3.68. The summed E-state index contributed by atoms with van der Waals surface area (Å²) < 4.78 is 5.13. The smallest absolute Gasteiger partial charge is 0.335 e. The molecule has 1 saturated heterocycles. The Hall–Kier alpha value is -0.570. The van der Waals surface area contributed by atoms with Crippen LogP contribution in [-0.2, 0) is 9.53 Å². The molecule has 1 atom stereocenters. The van der Waals surface area contributed by atoms with Gasteiger partial charge < -0.3 is 9.84 Å². The van der Waals surface area contributed by atoms with Gasteiger partial charge in [0.15, 0.2) is 6.10 Å². The molecule has 0 amide bonds. The first kappa shape index (κ1) is 6.16. The fourth-order valence-corrected chi connectivity index (χ4v) is 1.83. The van der Waals surface area contributed by atoms with Gasteiger partial charge in [0.1, 0.15) is 5.60 Å². The number of carbonyl (C=O) groups is 1. The molecule has 2 aliphatic rings. The van der Waals surface area contributed by atoms with Crippen LogP contribution in [0.4, 0.5) is 0 Å². The highest BCUT2D eigenvalue weighted by Gasteiger charge is 2.61. The maximum Gasteiger partial charge on any atom is 0.335 e. The Labute approximate surface area is 59.0 Å². The van der Waals surface area contributed by atoms with E-state index in [2.05, 4.69) is 0 Å². The minimum atomic E-state index is -0.790. The first-order valence-corrected chi connectivity index (χ1v) is 3.65. The molecule has 0 bridgehead atoms. The van der Waals surface area contributed by atoms with Crippen molar-refractivity contribution >= 4 is 5.97 Å². The second-order valence-corrected chi connectivity index (χ2v) is 3.11. The van der Waals surface area contributed by atoms with E-state index >= 15 is 0 Å². The monoisotopic (exact) mass is 142 g/mol. The van der Waals surface area contributed by atoms with E-state index in [1.54, 1.807) is 0 Å². The van der Waals surface area contributed by atoms with Gasteiger partial charge in [0, 0.05) is 0 Å². The van der Waals surface area contributed by atoms with E-state index in [4.69, 9.17) is 9.84 Å². The fourth-order valence-electron chi connectivity index (χ4n) is 1.83. The molecule has 3 heteroatoms. The van der Waals surface area contributed by atoms with Crippen molar-refractivity contribution in [2.45, 2.75) is 37.4 Å². The van der Waals surface area contributed by atoms with Crippen LogP contribution in [0.1, 0.15) is 25.7 Å². The van der Waals surface area contributed by atoms with Gasteiger partial charge in [-0.3, -0.25) is 0 Å². The van der Waals surface area contributed by atoms with Crippen molar-refractivity contribution in [1.29, 1.82) is 0 Å². The van der Waals surface area contributed by atoms with Crippen LogP contribution in [-0.4, -0.2) is 22.8 Å². The van der Waals surface area contributed by atoms with Gasteiger partial charge in [0.05, 0.1) is 0 Å². The summed E-state index contributed by atoms with van der Waals surface area (Å²) in [5.41, 5.74) is -0.216. The van der Waals surface area contributed by atoms with Crippen LogP contribution in [0.3, 0.4) is 0 Å². The first-order chi connectivity index (χ1) is 4.75. The number of rotatable bonds is 1. The fraction of sp³-hybridized carbons (Fsp3) is 0.857. The molecule has 1 heterocycles. The summed E-state index contributed by atoms with van der Waals surface area (Å²) in [7, 11) is 0. The van der Waals surface area contributed by atoms with Crippen LogP contribution in [0.25, 0.3) is 0 Å². The normalized spacial score (nSPS) is 34.6. The molecule has 1 aliphatic carbocycles. The topological polar surface area (TPSA) is 49.8 Å². The standard InChI is InChI=1S/C7H10O3/c8-6(9)5-7(10-5)3-1-2-4-7/h5H,1-4H2,(H,8,9)/t5-/m1/s1. The molecule has 0 aromatic rings. The van der Waals surface area contributed by atoms with E-state index in [0.717, 1.165) is 25.7 Å². The molecular weight excluding hydrogens is 132 g/mol. The van der Waals surface area contributed by atoms with E-state index in [1.165, 1.54) is 0 Å². The third-order valence-corrected chi connectivity index (χ3v) is 2.45. The average molecular weight is 142 g/mol. The lowest BCUT2D eigenvalue weighted by Gasteiger charge is -1.96. The minimum absolute atomic E-state index is 0.216. The Morgan fingerprint density at radius 3 is 2.50 bits per heavy atom. The van der Waals surface area contributed by atoms with Crippen molar-refractivity contribution in [1.82, 2.24) is 0 Å². The molecule has 0 aromatic carbocycles. The van der Waals surface area contributed by atoms with Gasteiger partial charge in [0.25, 0.3) is 0 Å². The van der Waals surface area contributed by atoms with Gasteiger partial charge in [-0.1, -0.05) is 12.8 Å². The lowest BCUT2D eigenvalue weighted by atomic mass is 10.0. The van der Waals surface area contributed by atoms with Gasteiger partial charge >= 0.3 is 5.97 Å². The molecule has 56 valence electrons. The molecule has 1 saturated carbocycles. The third kappa shape index (κ3) is 0.669. The van der Waals surface area contributed by atoms with E-state index in [0.29, 0.717) is 0 Å². The number of hydrogen-bond acceptors (Lipinski definition) is 2. The summed E-state index contributed by atoms with van der Waals surface area (Å²) in [6.45, 7) is 0. The van der Waals surface area contributed by atoms with Crippen LogP contribution >= 0.6 is 0 Å². The molecule has 1 spiro atoms. The predicted molar refractivity (Wildman–Crippen MR) is 33.7 cm³/mol. The molecule has 3 nitrogen and oxygen atoms in total. The van der Waals surface area contributed by atoms with Crippen molar-refractivity contribution in [3.63, 3.8) is 0 Å². The summed E-state index contributed by atoms with van der Waals surface area (Å²) in [4.78, 5) is 10.4. The summed E-state index contributed by atoms with van der Waals surface area (Å²) in [5.74, 6) is -0.790. The lowest BCUT2D eigenvalue weighted by Crippen LogP contribution is -2.16. The molecule has 1 N–H and O–H groups in total. The van der Waals surface area contributed by atoms with Crippen LogP contribution in [0.2, 0.25) is 0 Å². The molecular formula is C7H10O3. The number of hydrogen-bond donors (Lipinski definition) is 1. The number of carboxylic acid groups (broad SMARTS) is 1. The van der Waals surface area contributed by atoms with Gasteiger partial charge in [-0.05, 0) is 12.8 Å². The second kappa shape index (κ2) is 1.72. The van der Waals surface area contributed by atoms with Crippen molar-refractivity contribution in [3.8, 4) is 0 Å². The number of epoxide rings is 1. The SMILES string of the molecule is O=C(O)[C@H]1OC12CCCC2. The van der Waals surface area contributed by atoms with Gasteiger partial charge in [0.2, 0.25) is 0 Å². The van der Waals surface area contributed by atoms with Crippen LogP contribution in [0.5, 0.6) is 0 Å². The number of ether oxygens (including phenoxy) is 1. The van der Waals surface area contributed by atoms with Crippen molar-refractivity contribution in [2.75, 3.05) is 0 Å². The molecule has 0 unspecified atom stereocenters. The minimum Gasteiger partial charge on any atom is -0.479 e.